The lowest BCUT2D eigenvalue weighted by atomic mass is 9.83. The summed E-state index contributed by atoms with van der Waals surface area (Å²) in [5.41, 5.74) is 18.1. The third-order valence-electron chi connectivity index (χ3n) is 13.9. The maximum absolute atomic E-state index is 13.3. The average Bonchev–Trinajstić information content (AvgIpc) is 3.38. The minimum absolute atomic E-state index is 0.000926. The molecule has 0 aromatic heterocycles. The molecule has 2 aliphatic heterocycles. The second-order valence-electron chi connectivity index (χ2n) is 21.2. The number of carbonyl (C=O) groups excluding carboxylic acids is 5. The van der Waals surface area contributed by atoms with E-state index in [4.69, 9.17) is 36.1 Å². The number of nitrogen functional groups attached to an aromatic ring is 1. The molecule has 0 aliphatic carbocycles. The summed E-state index contributed by atoms with van der Waals surface area (Å²) < 4.78 is 23.8. The van der Waals surface area contributed by atoms with Crippen LogP contribution in [0.2, 0.25) is 0 Å². The van der Waals surface area contributed by atoms with E-state index in [0.29, 0.717) is 17.7 Å². The van der Waals surface area contributed by atoms with Crippen LogP contribution in [0.1, 0.15) is 122 Å². The van der Waals surface area contributed by atoms with Gasteiger partial charge >= 0.3 is 12.0 Å². The molecule has 2 aliphatic rings. The summed E-state index contributed by atoms with van der Waals surface area (Å²) in [6.07, 6.45) is 16.9. The fourth-order valence-electron chi connectivity index (χ4n) is 9.32. The Morgan fingerprint density at radius 1 is 0.825 bits per heavy atom. The minimum Gasteiger partial charge on any atom is -0.461 e. The average molecular weight is 1120 g/mol. The van der Waals surface area contributed by atoms with Crippen LogP contribution >= 0.6 is 0 Å². The number of hydrogen-bond acceptors (Lipinski definition) is 18. The van der Waals surface area contributed by atoms with Crippen molar-refractivity contribution in [1.82, 2.24) is 10.6 Å². The fraction of sp³-hybridized carbons (Fsp3) is 0.583. The number of urea groups is 1. The third kappa shape index (κ3) is 27.8. The Balaban J connectivity index is 1.83. The molecule has 0 saturated carbocycles. The van der Waals surface area contributed by atoms with Crippen molar-refractivity contribution in [3.63, 3.8) is 0 Å². The predicted octanol–water partition coefficient (Wildman–Crippen LogP) is 4.61. The topological polar surface area (TPSA) is 346 Å². The SMILES string of the molecule is CC1/C=C/C=C/C=C/C=C/C=C/C=C/C=C/C(OCOC[C@@H](O)[C@@H](C)N)CC2OC(O)(CCCC(O)CCCC(=O)CC(O)CC(=O)CC(=O)OC1C(C)CC(C)C(O)CC(=O)c1ccc(N)cc1)CC(O)C2NC(=O)NCCN. The Morgan fingerprint density at radius 2 is 1.43 bits per heavy atom. The number of ether oxygens (including phenoxy) is 4. The number of rotatable bonds is 16. The lowest BCUT2D eigenvalue weighted by Gasteiger charge is -2.45. The van der Waals surface area contributed by atoms with E-state index < -0.39 is 97.3 Å². The van der Waals surface area contributed by atoms with Crippen LogP contribution < -0.4 is 27.8 Å². The van der Waals surface area contributed by atoms with Crippen molar-refractivity contribution in [2.75, 3.05) is 32.2 Å². The van der Waals surface area contributed by atoms with Crippen LogP contribution in [0.25, 0.3) is 0 Å². The molecular formula is C60H91N5O15. The number of esters is 1. The first-order valence-electron chi connectivity index (χ1n) is 27.9. The van der Waals surface area contributed by atoms with Crippen molar-refractivity contribution in [3.8, 4) is 0 Å². The Bertz CT molecular complexity index is 2250. The number of fused-ring (bicyclic) bond motifs is 2. The van der Waals surface area contributed by atoms with Crippen LogP contribution in [-0.4, -0.2) is 153 Å². The number of cyclic esters (lactones) is 1. The summed E-state index contributed by atoms with van der Waals surface area (Å²) in [5, 5.41) is 71.4. The number of nitrogens with one attached hydrogen (secondary N) is 2. The molecule has 1 fully saturated rings. The molecule has 1 aromatic carbocycles. The molecule has 20 nitrogen and oxygen atoms in total. The summed E-state index contributed by atoms with van der Waals surface area (Å²) in [6, 6.07) is 4.32. The summed E-state index contributed by atoms with van der Waals surface area (Å²) in [5.74, 6) is -4.93. The van der Waals surface area contributed by atoms with E-state index in [0.717, 1.165) is 0 Å². The highest BCUT2D eigenvalue weighted by molar-refractivity contribution is 5.97. The van der Waals surface area contributed by atoms with Gasteiger partial charge in [0.1, 0.15) is 30.9 Å². The second-order valence-corrected chi connectivity index (χ2v) is 21.2. The second kappa shape index (κ2) is 37.5. The standard InChI is InChI=1S/C60H91N5O15/c1-40-19-15-13-11-9-7-5-6-8-10-12-14-16-23-50(78-39-77-38-54(73)43(4)62)35-55-57(65-59(75)64-30-29-61)53(72)37-60(76,80-55)28-18-22-46(66)20-17-21-47(67)32-48(68)33-49(69)34-56(74)79-58(40)42(3)31-41(2)51(70)36-52(71)44-24-26-45(63)27-25-44/h5-16,19,23-27,40-43,46,48,50-51,53-55,57-58,66,68,70,72-73,76H,17-18,20-22,28-39,61-63H2,1-4H3,(H2,64,65,75)/b6-5+,9-7+,10-8+,13-11+,14-12+,19-15+,23-16+/t40?,41?,42?,43-,46?,48?,50?,51?,53?,54-,55?,57?,58?,60?/m1/s1. The van der Waals surface area contributed by atoms with Crippen molar-refractivity contribution in [2.24, 2.45) is 29.2 Å². The highest BCUT2D eigenvalue weighted by Gasteiger charge is 2.47. The van der Waals surface area contributed by atoms with Crippen LogP contribution in [-0.2, 0) is 33.3 Å². The number of allylic oxidation sites excluding steroid dienone is 12. The Kier molecular flexibility index (Phi) is 32.2. The van der Waals surface area contributed by atoms with Crippen LogP contribution in [0.15, 0.2) is 109 Å². The number of aliphatic hydroxyl groups is 6. The number of nitrogens with two attached hydrogens (primary N) is 3. The highest BCUT2D eigenvalue weighted by atomic mass is 16.7. The molecule has 3 rings (SSSR count). The summed E-state index contributed by atoms with van der Waals surface area (Å²) in [6.45, 7) is 7.19. The first-order chi connectivity index (χ1) is 38.1. The summed E-state index contributed by atoms with van der Waals surface area (Å²) >= 11 is 0. The predicted molar refractivity (Wildman–Crippen MR) is 305 cm³/mol. The van der Waals surface area contributed by atoms with Crippen molar-refractivity contribution in [3.05, 3.63) is 115 Å². The maximum atomic E-state index is 13.3. The van der Waals surface area contributed by atoms with E-state index in [1.807, 2.05) is 63.3 Å². The van der Waals surface area contributed by atoms with Gasteiger partial charge in [-0.1, -0.05) is 106 Å². The zero-order valence-corrected chi connectivity index (χ0v) is 47.0. The first-order valence-corrected chi connectivity index (χ1v) is 27.9. The van der Waals surface area contributed by atoms with Gasteiger partial charge in [0.15, 0.2) is 11.6 Å². The lowest BCUT2D eigenvalue weighted by Crippen LogP contribution is -2.62. The largest absolute Gasteiger partial charge is 0.461 e. The molecule has 14 atom stereocenters. The van der Waals surface area contributed by atoms with Crippen LogP contribution in [0.4, 0.5) is 10.5 Å². The molecule has 20 heteroatoms. The molecule has 1 saturated heterocycles. The number of ketones is 3. The number of carbonyl (C=O) groups is 5. The normalized spacial score (nSPS) is 30.6. The number of benzene rings is 1. The van der Waals surface area contributed by atoms with Gasteiger partial charge in [-0.2, -0.15) is 0 Å². The Hall–Kier alpha value is -5.49. The highest BCUT2D eigenvalue weighted by Crippen LogP contribution is 2.35. The number of Topliss-reactive ketones (excluding diaryl/α,β-unsaturated/α-hetero) is 3. The summed E-state index contributed by atoms with van der Waals surface area (Å²) in [4.78, 5) is 65.1. The smallest absolute Gasteiger partial charge is 0.315 e. The van der Waals surface area contributed by atoms with Gasteiger partial charge in [-0.05, 0) is 75.1 Å². The van der Waals surface area contributed by atoms with Gasteiger partial charge < -0.3 is 77.4 Å². The van der Waals surface area contributed by atoms with Gasteiger partial charge in [0.25, 0.3) is 0 Å². The fourth-order valence-corrected chi connectivity index (χ4v) is 9.32. The van der Waals surface area contributed by atoms with Crippen molar-refractivity contribution < 1.29 is 73.6 Å². The van der Waals surface area contributed by atoms with Crippen molar-refractivity contribution >= 4 is 35.0 Å². The maximum Gasteiger partial charge on any atom is 0.315 e. The van der Waals surface area contributed by atoms with Crippen molar-refractivity contribution in [2.45, 2.75) is 178 Å². The lowest BCUT2D eigenvalue weighted by molar-refractivity contribution is -0.287. The number of aliphatic hydroxyl groups excluding tert-OH is 5. The van der Waals surface area contributed by atoms with E-state index in [1.54, 1.807) is 73.7 Å². The van der Waals surface area contributed by atoms with E-state index in [2.05, 4.69) is 10.6 Å². The van der Waals surface area contributed by atoms with Gasteiger partial charge in [-0.3, -0.25) is 19.2 Å². The quantitative estimate of drug-likeness (QED) is 0.0269. The van der Waals surface area contributed by atoms with Gasteiger partial charge in [0.05, 0.1) is 55.4 Å². The molecule has 80 heavy (non-hydrogen) atoms. The van der Waals surface area contributed by atoms with Gasteiger partial charge in [-0.25, -0.2) is 4.79 Å². The number of amides is 2. The first kappa shape index (κ1) is 68.8. The number of hydrogen-bond donors (Lipinski definition) is 11. The Morgan fingerprint density at radius 3 is 2.05 bits per heavy atom. The molecule has 1 aromatic rings. The van der Waals surface area contributed by atoms with E-state index in [1.165, 1.54) is 0 Å². The number of anilines is 1. The molecule has 0 spiro atoms. The molecule has 2 heterocycles. The molecule has 446 valence electrons. The molecule has 14 N–H and O–H groups in total. The van der Waals surface area contributed by atoms with Crippen LogP contribution in [0.5, 0.6) is 0 Å². The zero-order chi connectivity index (χ0) is 59.0. The molecule has 0 radical (unpaired) electrons. The van der Waals surface area contributed by atoms with E-state index >= 15 is 0 Å². The van der Waals surface area contributed by atoms with E-state index in [-0.39, 0.29) is 120 Å². The Labute approximate surface area is 471 Å². The summed E-state index contributed by atoms with van der Waals surface area (Å²) in [7, 11) is 0. The van der Waals surface area contributed by atoms with Crippen molar-refractivity contribution in [1.29, 1.82) is 0 Å². The van der Waals surface area contributed by atoms with Gasteiger partial charge in [-0.15, -0.1) is 0 Å². The van der Waals surface area contributed by atoms with Gasteiger partial charge in [0, 0.05) is 81.2 Å². The molecule has 12 unspecified atom stereocenters. The molecule has 2 amide bonds. The third-order valence-corrected chi connectivity index (χ3v) is 13.9. The monoisotopic (exact) mass is 1120 g/mol. The van der Waals surface area contributed by atoms with Crippen LogP contribution in [0.3, 0.4) is 0 Å². The zero-order valence-electron chi connectivity index (χ0n) is 47.0. The van der Waals surface area contributed by atoms with Gasteiger partial charge in [0.2, 0.25) is 0 Å². The molecule has 2 bridgehead atoms. The molecular weight excluding hydrogens is 1030 g/mol. The van der Waals surface area contributed by atoms with Crippen LogP contribution in [0, 0.1) is 17.8 Å². The minimum atomic E-state index is -1.87. The van der Waals surface area contributed by atoms with E-state index in [9.17, 15) is 54.6 Å².